The molecule has 2 aromatic heterocycles. The number of nitrogens with zero attached hydrogens (tertiary/aromatic N) is 5. The molecule has 0 spiro atoms. The predicted octanol–water partition coefficient (Wildman–Crippen LogP) is 0.499. The third-order valence-corrected chi connectivity index (χ3v) is 3.97. The molecule has 1 fully saturated rings. The summed E-state index contributed by atoms with van der Waals surface area (Å²) in [6, 6.07) is -0.524. The molecule has 1 aliphatic heterocycles. The summed E-state index contributed by atoms with van der Waals surface area (Å²) in [6.07, 6.45) is 6.56. The van der Waals surface area contributed by atoms with Crippen LogP contribution in [0.3, 0.4) is 0 Å². The van der Waals surface area contributed by atoms with Gasteiger partial charge in [0.1, 0.15) is 17.6 Å². The Morgan fingerprint density at radius 1 is 1.40 bits per heavy atom. The standard InChI is InChI=1S/C15H19N7O3/c1-25-15(24)22-7-3-2-4-11(22)14(23)18-9-12-19-13(21-20-12)10-8-16-5-6-17-10/h5-6,8,11H,2-4,7,9H2,1H3,(H,18,23)(H,19,20,21)/t11-/m1/s1. The van der Waals surface area contributed by atoms with E-state index in [4.69, 9.17) is 4.74 Å². The van der Waals surface area contributed by atoms with Crippen LogP contribution in [0.1, 0.15) is 25.1 Å². The summed E-state index contributed by atoms with van der Waals surface area (Å²) >= 11 is 0. The summed E-state index contributed by atoms with van der Waals surface area (Å²) in [5.74, 6) is 0.670. The number of piperidine rings is 1. The average molecular weight is 345 g/mol. The van der Waals surface area contributed by atoms with E-state index in [9.17, 15) is 9.59 Å². The molecular formula is C15H19N7O3. The molecule has 132 valence electrons. The van der Waals surface area contributed by atoms with Crippen LogP contribution in [0.15, 0.2) is 18.6 Å². The van der Waals surface area contributed by atoms with Crippen LogP contribution < -0.4 is 5.32 Å². The van der Waals surface area contributed by atoms with E-state index in [0.717, 1.165) is 12.8 Å². The van der Waals surface area contributed by atoms with Crippen LogP contribution in [-0.2, 0) is 16.1 Å². The largest absolute Gasteiger partial charge is 0.453 e. The lowest BCUT2D eigenvalue weighted by Crippen LogP contribution is -2.51. The zero-order valence-corrected chi connectivity index (χ0v) is 13.8. The van der Waals surface area contributed by atoms with E-state index in [1.165, 1.54) is 12.0 Å². The number of aromatic nitrogens is 5. The van der Waals surface area contributed by atoms with Gasteiger partial charge in [-0.2, -0.15) is 5.10 Å². The van der Waals surface area contributed by atoms with Crippen LogP contribution in [0.4, 0.5) is 4.79 Å². The fourth-order valence-corrected chi connectivity index (χ4v) is 2.73. The second-order valence-corrected chi connectivity index (χ2v) is 5.59. The molecule has 2 N–H and O–H groups in total. The average Bonchev–Trinajstić information content (AvgIpc) is 3.15. The van der Waals surface area contributed by atoms with Gasteiger partial charge in [0.25, 0.3) is 0 Å². The molecule has 3 rings (SSSR count). The summed E-state index contributed by atoms with van der Waals surface area (Å²) < 4.78 is 4.75. The van der Waals surface area contributed by atoms with Crippen molar-refractivity contribution in [2.24, 2.45) is 0 Å². The maximum absolute atomic E-state index is 12.4. The van der Waals surface area contributed by atoms with Crippen molar-refractivity contribution < 1.29 is 14.3 Å². The minimum absolute atomic E-state index is 0.178. The van der Waals surface area contributed by atoms with E-state index >= 15 is 0 Å². The zero-order valence-electron chi connectivity index (χ0n) is 13.8. The van der Waals surface area contributed by atoms with Crippen LogP contribution >= 0.6 is 0 Å². The summed E-state index contributed by atoms with van der Waals surface area (Å²) in [7, 11) is 1.31. The molecular weight excluding hydrogens is 326 g/mol. The fraction of sp³-hybridized carbons (Fsp3) is 0.467. The van der Waals surface area contributed by atoms with Crippen LogP contribution in [-0.4, -0.2) is 61.7 Å². The molecule has 10 nitrogen and oxygen atoms in total. The van der Waals surface area contributed by atoms with Crippen LogP contribution in [0.25, 0.3) is 11.5 Å². The number of nitrogens with one attached hydrogen (secondary N) is 2. The summed E-state index contributed by atoms with van der Waals surface area (Å²) in [4.78, 5) is 38.1. The molecule has 0 aliphatic carbocycles. The van der Waals surface area contributed by atoms with Gasteiger partial charge in [0.2, 0.25) is 11.7 Å². The van der Waals surface area contributed by atoms with Gasteiger partial charge in [-0.25, -0.2) is 14.8 Å². The maximum atomic E-state index is 12.4. The summed E-state index contributed by atoms with van der Waals surface area (Å²) in [6.45, 7) is 0.696. The number of carbonyl (C=O) groups is 2. The van der Waals surface area contributed by atoms with Crippen LogP contribution in [0.2, 0.25) is 0 Å². The molecule has 1 atom stereocenters. The Morgan fingerprint density at radius 2 is 2.28 bits per heavy atom. The molecule has 0 radical (unpaired) electrons. The molecule has 0 unspecified atom stereocenters. The van der Waals surface area contributed by atoms with Crippen LogP contribution in [0, 0.1) is 0 Å². The van der Waals surface area contributed by atoms with Crippen molar-refractivity contribution in [1.29, 1.82) is 0 Å². The number of hydrogen-bond acceptors (Lipinski definition) is 7. The van der Waals surface area contributed by atoms with Gasteiger partial charge < -0.3 is 10.1 Å². The van der Waals surface area contributed by atoms with Crippen LogP contribution in [0.5, 0.6) is 0 Å². The third-order valence-electron chi connectivity index (χ3n) is 3.97. The second-order valence-electron chi connectivity index (χ2n) is 5.59. The van der Waals surface area contributed by atoms with Crippen molar-refractivity contribution in [3.05, 3.63) is 24.4 Å². The molecule has 1 aliphatic rings. The number of aromatic amines is 1. The van der Waals surface area contributed by atoms with Crippen molar-refractivity contribution in [1.82, 2.24) is 35.4 Å². The molecule has 1 saturated heterocycles. The van der Waals surface area contributed by atoms with Gasteiger partial charge in [0, 0.05) is 18.9 Å². The Morgan fingerprint density at radius 3 is 3.04 bits per heavy atom. The van der Waals surface area contributed by atoms with E-state index in [0.29, 0.717) is 30.3 Å². The van der Waals surface area contributed by atoms with Gasteiger partial charge in [0.05, 0.1) is 19.9 Å². The van der Waals surface area contributed by atoms with Gasteiger partial charge in [-0.3, -0.25) is 19.8 Å². The fourth-order valence-electron chi connectivity index (χ4n) is 2.73. The van der Waals surface area contributed by atoms with Gasteiger partial charge in [-0.15, -0.1) is 0 Å². The highest BCUT2D eigenvalue weighted by atomic mass is 16.5. The predicted molar refractivity (Wildman–Crippen MR) is 86.0 cm³/mol. The molecule has 0 saturated carbocycles. The van der Waals surface area contributed by atoms with Gasteiger partial charge >= 0.3 is 6.09 Å². The zero-order chi connectivity index (χ0) is 17.6. The van der Waals surface area contributed by atoms with Crippen molar-refractivity contribution in [2.75, 3.05) is 13.7 Å². The Hall–Kier alpha value is -3.04. The van der Waals surface area contributed by atoms with E-state index in [1.807, 2.05) is 0 Å². The van der Waals surface area contributed by atoms with Crippen molar-refractivity contribution in [2.45, 2.75) is 31.8 Å². The lowest BCUT2D eigenvalue weighted by Gasteiger charge is -2.33. The van der Waals surface area contributed by atoms with E-state index in [2.05, 4.69) is 30.5 Å². The lowest BCUT2D eigenvalue weighted by atomic mass is 10.0. The smallest absolute Gasteiger partial charge is 0.410 e. The first-order valence-corrected chi connectivity index (χ1v) is 7.99. The number of ether oxygens (including phenoxy) is 1. The third kappa shape index (κ3) is 3.90. The topological polar surface area (TPSA) is 126 Å². The van der Waals surface area contributed by atoms with Crippen molar-refractivity contribution in [3.8, 4) is 11.5 Å². The molecule has 3 heterocycles. The van der Waals surface area contributed by atoms with Gasteiger partial charge in [-0.05, 0) is 19.3 Å². The molecule has 2 amide bonds. The number of H-pyrrole nitrogens is 1. The number of likely N-dealkylation sites (tertiary alicyclic amines) is 1. The van der Waals surface area contributed by atoms with Crippen molar-refractivity contribution in [3.63, 3.8) is 0 Å². The van der Waals surface area contributed by atoms with E-state index < -0.39 is 12.1 Å². The number of rotatable bonds is 4. The minimum Gasteiger partial charge on any atom is -0.453 e. The molecule has 25 heavy (non-hydrogen) atoms. The number of methoxy groups -OCH3 is 1. The monoisotopic (exact) mass is 345 g/mol. The number of hydrogen-bond donors (Lipinski definition) is 2. The highest BCUT2D eigenvalue weighted by Crippen LogP contribution is 2.18. The molecule has 2 aromatic rings. The first-order chi connectivity index (χ1) is 12.2. The van der Waals surface area contributed by atoms with E-state index in [1.54, 1.807) is 18.6 Å². The SMILES string of the molecule is COC(=O)N1CCCC[C@@H]1C(=O)NCc1nc(-c2cnccn2)n[nH]1. The molecule has 0 bridgehead atoms. The Bertz CT molecular complexity index is 734. The molecule has 0 aromatic carbocycles. The normalized spacial score (nSPS) is 17.2. The number of amides is 2. The first kappa shape index (κ1) is 16.8. The van der Waals surface area contributed by atoms with E-state index in [-0.39, 0.29) is 12.5 Å². The lowest BCUT2D eigenvalue weighted by molar-refractivity contribution is -0.127. The Labute approximate surface area is 144 Å². The number of carbonyl (C=O) groups excluding carboxylic acids is 2. The Balaban J connectivity index is 1.60. The minimum atomic E-state index is -0.524. The Kier molecular flexibility index (Phi) is 5.17. The summed E-state index contributed by atoms with van der Waals surface area (Å²) in [5, 5.41) is 9.60. The van der Waals surface area contributed by atoms with Gasteiger partial charge in [-0.1, -0.05) is 0 Å². The quantitative estimate of drug-likeness (QED) is 0.826. The maximum Gasteiger partial charge on any atom is 0.410 e. The highest BCUT2D eigenvalue weighted by Gasteiger charge is 2.32. The van der Waals surface area contributed by atoms with Crippen molar-refractivity contribution >= 4 is 12.0 Å². The first-order valence-electron chi connectivity index (χ1n) is 7.99. The second kappa shape index (κ2) is 7.69. The molecule has 10 heteroatoms. The summed E-state index contributed by atoms with van der Waals surface area (Å²) in [5.41, 5.74) is 0.542. The highest BCUT2D eigenvalue weighted by molar-refractivity contribution is 5.85. The van der Waals surface area contributed by atoms with Gasteiger partial charge in [0.15, 0.2) is 0 Å².